The standard InChI is InChI=1S/C17H20N4O3/c1-10(21-9-8-11-6-4-5-7-12(11)21)14(22)13-15(18)19(2)17(24)20(3)16(13)23/h4-7,10H,8-9,18H2,1-3H3. The number of benzene rings is 1. The zero-order chi connectivity index (χ0) is 17.6. The van der Waals surface area contributed by atoms with Gasteiger partial charge in [0, 0.05) is 26.3 Å². The predicted molar refractivity (Wildman–Crippen MR) is 92.6 cm³/mol. The summed E-state index contributed by atoms with van der Waals surface area (Å²) in [7, 11) is 2.79. The van der Waals surface area contributed by atoms with Gasteiger partial charge in [0.2, 0.25) is 0 Å². The number of hydrogen-bond donors (Lipinski definition) is 1. The van der Waals surface area contributed by atoms with Crippen LogP contribution in [0.2, 0.25) is 0 Å². The number of aromatic nitrogens is 2. The van der Waals surface area contributed by atoms with Gasteiger partial charge >= 0.3 is 5.69 Å². The minimum atomic E-state index is -0.653. The van der Waals surface area contributed by atoms with Crippen molar-refractivity contribution in [2.45, 2.75) is 19.4 Å². The van der Waals surface area contributed by atoms with Crippen LogP contribution in [0.4, 0.5) is 11.5 Å². The van der Waals surface area contributed by atoms with Crippen LogP contribution in [0, 0.1) is 0 Å². The number of nitrogen functional groups attached to an aromatic ring is 1. The Balaban J connectivity index is 2.05. The molecule has 1 unspecified atom stereocenters. The Morgan fingerprint density at radius 1 is 1.17 bits per heavy atom. The molecule has 0 amide bonds. The molecule has 1 aliphatic heterocycles. The summed E-state index contributed by atoms with van der Waals surface area (Å²) in [6.07, 6.45) is 0.856. The highest BCUT2D eigenvalue weighted by molar-refractivity contribution is 6.04. The first-order valence-corrected chi connectivity index (χ1v) is 7.78. The molecule has 126 valence electrons. The van der Waals surface area contributed by atoms with Gasteiger partial charge in [0.1, 0.15) is 11.4 Å². The lowest BCUT2D eigenvalue weighted by molar-refractivity contribution is 0.0963. The maximum atomic E-state index is 12.9. The number of rotatable bonds is 3. The van der Waals surface area contributed by atoms with E-state index in [1.54, 1.807) is 6.92 Å². The molecule has 1 atom stereocenters. The lowest BCUT2D eigenvalue weighted by atomic mass is 10.1. The molecule has 1 aromatic carbocycles. The molecule has 0 radical (unpaired) electrons. The fourth-order valence-corrected chi connectivity index (χ4v) is 3.21. The molecule has 2 heterocycles. The monoisotopic (exact) mass is 328 g/mol. The van der Waals surface area contributed by atoms with E-state index in [2.05, 4.69) is 0 Å². The van der Waals surface area contributed by atoms with Crippen LogP contribution in [0.3, 0.4) is 0 Å². The number of Topliss-reactive ketones (excluding diaryl/α,β-unsaturated/α-hetero) is 1. The van der Waals surface area contributed by atoms with Crippen molar-refractivity contribution in [3.8, 4) is 0 Å². The highest BCUT2D eigenvalue weighted by atomic mass is 16.2. The Morgan fingerprint density at radius 2 is 1.83 bits per heavy atom. The average molecular weight is 328 g/mol. The van der Waals surface area contributed by atoms with Gasteiger partial charge in [0.25, 0.3) is 5.56 Å². The number of ketones is 1. The van der Waals surface area contributed by atoms with Gasteiger partial charge in [0.15, 0.2) is 5.78 Å². The van der Waals surface area contributed by atoms with E-state index < -0.39 is 17.3 Å². The number of carbonyl (C=O) groups excluding carboxylic acids is 1. The minimum absolute atomic E-state index is 0.0903. The molecule has 0 fully saturated rings. The van der Waals surface area contributed by atoms with Crippen LogP contribution >= 0.6 is 0 Å². The summed E-state index contributed by atoms with van der Waals surface area (Å²) in [5.74, 6) is -0.465. The molecular formula is C17H20N4O3. The molecule has 2 N–H and O–H groups in total. The molecule has 0 spiro atoms. The topological polar surface area (TPSA) is 90.3 Å². The number of nitrogens with two attached hydrogens (primary N) is 1. The van der Waals surface area contributed by atoms with Crippen LogP contribution in [0.1, 0.15) is 22.8 Å². The van der Waals surface area contributed by atoms with E-state index >= 15 is 0 Å². The van der Waals surface area contributed by atoms with Crippen LogP contribution < -0.4 is 21.9 Å². The first kappa shape index (κ1) is 16.0. The van der Waals surface area contributed by atoms with Gasteiger partial charge in [-0.15, -0.1) is 0 Å². The SMILES string of the molecule is CC(C(=O)c1c(N)n(C)c(=O)n(C)c1=O)N1CCc2ccccc21. The fourth-order valence-electron chi connectivity index (χ4n) is 3.21. The van der Waals surface area contributed by atoms with Gasteiger partial charge < -0.3 is 10.6 Å². The van der Waals surface area contributed by atoms with Gasteiger partial charge in [-0.1, -0.05) is 18.2 Å². The maximum Gasteiger partial charge on any atom is 0.332 e. The number of nitrogens with zero attached hydrogens (tertiary/aromatic N) is 3. The number of anilines is 2. The van der Waals surface area contributed by atoms with Gasteiger partial charge in [-0.25, -0.2) is 4.79 Å². The summed E-state index contributed by atoms with van der Waals surface area (Å²) in [6.45, 7) is 2.46. The molecule has 7 nitrogen and oxygen atoms in total. The molecule has 1 aromatic heterocycles. The fraction of sp³-hybridized carbons (Fsp3) is 0.353. The van der Waals surface area contributed by atoms with Gasteiger partial charge in [0.05, 0.1) is 6.04 Å². The zero-order valence-corrected chi connectivity index (χ0v) is 13.9. The summed E-state index contributed by atoms with van der Waals surface area (Å²) in [6, 6.07) is 7.35. The number of hydrogen-bond acceptors (Lipinski definition) is 5. The third kappa shape index (κ3) is 2.24. The van der Waals surface area contributed by atoms with Crippen molar-refractivity contribution in [3.63, 3.8) is 0 Å². The van der Waals surface area contributed by atoms with Crippen molar-refractivity contribution in [1.82, 2.24) is 9.13 Å². The van der Waals surface area contributed by atoms with E-state index in [1.165, 1.54) is 19.7 Å². The second kappa shape index (κ2) is 5.67. The van der Waals surface area contributed by atoms with Crippen molar-refractivity contribution < 1.29 is 4.79 Å². The van der Waals surface area contributed by atoms with E-state index in [0.717, 1.165) is 21.2 Å². The second-order valence-electron chi connectivity index (χ2n) is 6.08. The molecule has 0 saturated heterocycles. The Morgan fingerprint density at radius 3 is 2.54 bits per heavy atom. The van der Waals surface area contributed by atoms with Crippen LogP contribution in [0.25, 0.3) is 0 Å². The molecule has 2 aromatic rings. The normalized spacial score (nSPS) is 14.5. The number of para-hydroxylation sites is 1. The molecule has 0 bridgehead atoms. The molecule has 3 rings (SSSR count). The summed E-state index contributed by atoms with van der Waals surface area (Å²) >= 11 is 0. The Hall–Kier alpha value is -2.83. The first-order chi connectivity index (χ1) is 11.3. The highest BCUT2D eigenvalue weighted by Gasteiger charge is 2.31. The van der Waals surface area contributed by atoms with E-state index in [9.17, 15) is 14.4 Å². The Labute approximate surface area is 138 Å². The van der Waals surface area contributed by atoms with Crippen molar-refractivity contribution in [2.75, 3.05) is 17.2 Å². The molecular weight excluding hydrogens is 308 g/mol. The summed E-state index contributed by atoms with van der Waals surface area (Å²) < 4.78 is 2.04. The van der Waals surface area contributed by atoms with E-state index in [1.807, 2.05) is 29.2 Å². The Bertz CT molecular complexity index is 942. The molecule has 24 heavy (non-hydrogen) atoms. The summed E-state index contributed by atoms with van der Waals surface area (Å²) in [4.78, 5) is 39.2. The van der Waals surface area contributed by atoms with Crippen LogP contribution in [-0.4, -0.2) is 27.5 Å². The lowest BCUT2D eigenvalue weighted by Gasteiger charge is -2.26. The van der Waals surface area contributed by atoms with Gasteiger partial charge in [-0.3, -0.25) is 18.7 Å². The maximum absolute atomic E-state index is 12.9. The first-order valence-electron chi connectivity index (χ1n) is 7.78. The smallest absolute Gasteiger partial charge is 0.332 e. The number of carbonyl (C=O) groups is 1. The molecule has 7 heteroatoms. The largest absolute Gasteiger partial charge is 0.384 e. The van der Waals surface area contributed by atoms with Gasteiger partial charge in [-0.05, 0) is 25.0 Å². The third-order valence-corrected chi connectivity index (χ3v) is 4.73. The Kier molecular flexibility index (Phi) is 3.79. The lowest BCUT2D eigenvalue weighted by Crippen LogP contribution is -2.46. The van der Waals surface area contributed by atoms with Crippen molar-refractivity contribution in [2.24, 2.45) is 14.1 Å². The quantitative estimate of drug-likeness (QED) is 0.819. The molecule has 1 aliphatic rings. The predicted octanol–water partition coefficient (Wildman–Crippen LogP) is 0.300. The van der Waals surface area contributed by atoms with Crippen LogP contribution in [-0.2, 0) is 20.5 Å². The number of fused-ring (bicyclic) bond motifs is 1. The molecule has 0 saturated carbocycles. The van der Waals surface area contributed by atoms with E-state index in [0.29, 0.717) is 6.54 Å². The van der Waals surface area contributed by atoms with Crippen molar-refractivity contribution >= 4 is 17.3 Å². The van der Waals surface area contributed by atoms with Crippen molar-refractivity contribution in [1.29, 1.82) is 0 Å². The van der Waals surface area contributed by atoms with Gasteiger partial charge in [-0.2, -0.15) is 0 Å². The third-order valence-electron chi connectivity index (χ3n) is 4.73. The average Bonchev–Trinajstić information content (AvgIpc) is 3.01. The summed E-state index contributed by atoms with van der Waals surface area (Å²) in [5, 5.41) is 0. The molecule has 0 aliphatic carbocycles. The van der Waals surface area contributed by atoms with E-state index in [4.69, 9.17) is 5.73 Å². The summed E-state index contributed by atoms with van der Waals surface area (Å²) in [5.41, 5.74) is 6.74. The van der Waals surface area contributed by atoms with Crippen LogP contribution in [0.15, 0.2) is 33.9 Å². The zero-order valence-electron chi connectivity index (χ0n) is 13.9. The minimum Gasteiger partial charge on any atom is -0.384 e. The highest BCUT2D eigenvalue weighted by Crippen LogP contribution is 2.30. The van der Waals surface area contributed by atoms with Crippen molar-refractivity contribution in [3.05, 3.63) is 56.2 Å². The second-order valence-corrected chi connectivity index (χ2v) is 6.08. The van der Waals surface area contributed by atoms with Crippen LogP contribution in [0.5, 0.6) is 0 Å². The van der Waals surface area contributed by atoms with E-state index in [-0.39, 0.29) is 17.2 Å².